The standard InChI is InChI=1S/C18H19ClN2O/c19-11-6-12-21-17-10-5-4-9-16(17)20-18(21)14-22-13-15-7-2-1-3-8-15/h1-5,7-10H,6,11-14H2. The van der Waals surface area contributed by atoms with Gasteiger partial charge in [0.05, 0.1) is 17.6 Å². The van der Waals surface area contributed by atoms with Crippen molar-refractivity contribution in [1.82, 2.24) is 9.55 Å². The molecular weight excluding hydrogens is 296 g/mol. The zero-order valence-corrected chi connectivity index (χ0v) is 13.2. The Morgan fingerprint density at radius 3 is 2.55 bits per heavy atom. The van der Waals surface area contributed by atoms with Crippen LogP contribution in [-0.2, 0) is 24.5 Å². The minimum atomic E-state index is 0.506. The van der Waals surface area contributed by atoms with Crippen molar-refractivity contribution in [1.29, 1.82) is 0 Å². The van der Waals surface area contributed by atoms with Gasteiger partial charge < -0.3 is 9.30 Å². The largest absolute Gasteiger partial charge is 0.369 e. The summed E-state index contributed by atoms with van der Waals surface area (Å²) in [6.07, 6.45) is 0.924. The first kappa shape index (κ1) is 15.1. The second-order valence-corrected chi connectivity index (χ2v) is 5.57. The Kier molecular flexibility index (Phi) is 5.09. The zero-order chi connectivity index (χ0) is 15.2. The van der Waals surface area contributed by atoms with E-state index in [1.165, 1.54) is 5.56 Å². The van der Waals surface area contributed by atoms with E-state index in [4.69, 9.17) is 21.3 Å². The summed E-state index contributed by atoms with van der Waals surface area (Å²) in [6.45, 7) is 1.97. The van der Waals surface area contributed by atoms with Crippen LogP contribution in [-0.4, -0.2) is 15.4 Å². The van der Waals surface area contributed by atoms with Crippen LogP contribution in [0.4, 0.5) is 0 Å². The molecule has 0 aliphatic heterocycles. The Hall–Kier alpha value is -1.84. The first-order valence-electron chi connectivity index (χ1n) is 7.50. The van der Waals surface area contributed by atoms with Gasteiger partial charge in [0.2, 0.25) is 0 Å². The van der Waals surface area contributed by atoms with Gasteiger partial charge in [-0.05, 0) is 24.1 Å². The maximum Gasteiger partial charge on any atom is 0.136 e. The lowest BCUT2D eigenvalue weighted by molar-refractivity contribution is 0.0996. The minimum Gasteiger partial charge on any atom is -0.369 e. The number of imidazole rings is 1. The third-order valence-electron chi connectivity index (χ3n) is 3.59. The van der Waals surface area contributed by atoms with E-state index in [0.717, 1.165) is 29.8 Å². The highest BCUT2D eigenvalue weighted by molar-refractivity contribution is 6.17. The molecule has 0 aliphatic rings. The Labute approximate surface area is 135 Å². The summed E-state index contributed by atoms with van der Waals surface area (Å²) < 4.78 is 8.05. The highest BCUT2D eigenvalue weighted by Crippen LogP contribution is 2.18. The number of benzene rings is 2. The van der Waals surface area contributed by atoms with Crippen LogP contribution >= 0.6 is 11.6 Å². The highest BCUT2D eigenvalue weighted by atomic mass is 35.5. The van der Waals surface area contributed by atoms with Gasteiger partial charge in [-0.25, -0.2) is 4.98 Å². The maximum absolute atomic E-state index is 5.84. The van der Waals surface area contributed by atoms with Gasteiger partial charge in [0, 0.05) is 12.4 Å². The quantitative estimate of drug-likeness (QED) is 0.605. The number of hydrogen-bond donors (Lipinski definition) is 0. The molecule has 0 N–H and O–H groups in total. The molecule has 0 bridgehead atoms. The highest BCUT2D eigenvalue weighted by Gasteiger charge is 2.10. The molecule has 0 amide bonds. The number of ether oxygens (including phenoxy) is 1. The van der Waals surface area contributed by atoms with Gasteiger partial charge in [-0.2, -0.15) is 0 Å². The molecule has 0 saturated carbocycles. The minimum absolute atomic E-state index is 0.506. The van der Waals surface area contributed by atoms with Crippen LogP contribution < -0.4 is 0 Å². The van der Waals surface area contributed by atoms with E-state index in [1.807, 2.05) is 36.4 Å². The van der Waals surface area contributed by atoms with Gasteiger partial charge in [-0.1, -0.05) is 42.5 Å². The Morgan fingerprint density at radius 2 is 1.73 bits per heavy atom. The average Bonchev–Trinajstić information content (AvgIpc) is 2.91. The maximum atomic E-state index is 5.84. The third-order valence-corrected chi connectivity index (χ3v) is 3.86. The number of rotatable bonds is 7. The summed E-state index contributed by atoms with van der Waals surface area (Å²) in [5.41, 5.74) is 3.33. The number of hydrogen-bond acceptors (Lipinski definition) is 2. The van der Waals surface area contributed by atoms with E-state index >= 15 is 0 Å². The summed E-state index contributed by atoms with van der Waals surface area (Å²) in [7, 11) is 0. The molecule has 3 aromatic rings. The van der Waals surface area contributed by atoms with Crippen molar-refractivity contribution in [2.75, 3.05) is 5.88 Å². The van der Waals surface area contributed by atoms with Gasteiger partial charge in [0.25, 0.3) is 0 Å². The second-order valence-electron chi connectivity index (χ2n) is 5.19. The van der Waals surface area contributed by atoms with Crippen LogP contribution in [0.15, 0.2) is 54.6 Å². The van der Waals surface area contributed by atoms with E-state index in [0.29, 0.717) is 19.1 Å². The topological polar surface area (TPSA) is 27.1 Å². The molecule has 0 fully saturated rings. The molecule has 1 heterocycles. The van der Waals surface area contributed by atoms with E-state index in [1.54, 1.807) is 0 Å². The van der Waals surface area contributed by atoms with Crippen molar-refractivity contribution in [3.63, 3.8) is 0 Å². The van der Waals surface area contributed by atoms with E-state index in [9.17, 15) is 0 Å². The van der Waals surface area contributed by atoms with Crippen LogP contribution in [0, 0.1) is 0 Å². The van der Waals surface area contributed by atoms with Crippen molar-refractivity contribution in [3.05, 3.63) is 66.0 Å². The number of fused-ring (bicyclic) bond motifs is 1. The van der Waals surface area contributed by atoms with Crippen molar-refractivity contribution in [2.24, 2.45) is 0 Å². The molecule has 3 nitrogen and oxygen atoms in total. The monoisotopic (exact) mass is 314 g/mol. The normalized spacial score (nSPS) is 11.1. The number of aromatic nitrogens is 2. The molecule has 0 atom stereocenters. The fraction of sp³-hybridized carbons (Fsp3) is 0.278. The SMILES string of the molecule is ClCCCn1c(COCc2ccccc2)nc2ccccc21. The van der Waals surface area contributed by atoms with Gasteiger partial charge in [0.1, 0.15) is 12.4 Å². The Morgan fingerprint density at radius 1 is 0.955 bits per heavy atom. The van der Waals surface area contributed by atoms with E-state index in [-0.39, 0.29) is 0 Å². The van der Waals surface area contributed by atoms with Crippen LogP contribution in [0.1, 0.15) is 17.8 Å². The van der Waals surface area contributed by atoms with Gasteiger partial charge in [0.15, 0.2) is 0 Å². The molecule has 22 heavy (non-hydrogen) atoms. The molecule has 4 heteroatoms. The van der Waals surface area contributed by atoms with Crippen LogP contribution in [0.2, 0.25) is 0 Å². The van der Waals surface area contributed by atoms with Crippen molar-refractivity contribution < 1.29 is 4.74 Å². The lowest BCUT2D eigenvalue weighted by Gasteiger charge is -2.09. The molecule has 114 valence electrons. The smallest absolute Gasteiger partial charge is 0.136 e. The molecule has 0 saturated heterocycles. The van der Waals surface area contributed by atoms with E-state index in [2.05, 4.69) is 22.8 Å². The molecule has 0 unspecified atom stereocenters. The fourth-order valence-electron chi connectivity index (χ4n) is 2.54. The predicted octanol–water partition coefficient (Wildman–Crippen LogP) is 4.38. The number of alkyl halides is 1. The molecular formula is C18H19ClN2O. The Bertz CT molecular complexity index is 724. The van der Waals surface area contributed by atoms with E-state index < -0.39 is 0 Å². The summed E-state index contributed by atoms with van der Waals surface area (Å²) in [6, 6.07) is 18.4. The molecule has 0 spiro atoms. The first-order chi connectivity index (χ1) is 10.9. The van der Waals surface area contributed by atoms with Crippen molar-refractivity contribution >= 4 is 22.6 Å². The van der Waals surface area contributed by atoms with Gasteiger partial charge >= 0.3 is 0 Å². The summed E-state index contributed by atoms with van der Waals surface area (Å²) in [5.74, 6) is 1.61. The lowest BCUT2D eigenvalue weighted by Crippen LogP contribution is -2.06. The summed E-state index contributed by atoms with van der Waals surface area (Å²) in [5, 5.41) is 0. The molecule has 0 aliphatic carbocycles. The lowest BCUT2D eigenvalue weighted by atomic mass is 10.2. The number of aryl methyl sites for hydroxylation is 1. The Balaban J connectivity index is 1.74. The third kappa shape index (κ3) is 3.49. The predicted molar refractivity (Wildman–Crippen MR) is 90.0 cm³/mol. The molecule has 0 radical (unpaired) electrons. The number of halogens is 1. The van der Waals surface area contributed by atoms with Crippen molar-refractivity contribution in [3.8, 4) is 0 Å². The summed E-state index contributed by atoms with van der Waals surface area (Å²) in [4.78, 5) is 4.69. The molecule has 2 aromatic carbocycles. The fourth-order valence-corrected chi connectivity index (χ4v) is 2.66. The van der Waals surface area contributed by atoms with Crippen LogP contribution in [0.5, 0.6) is 0 Å². The van der Waals surface area contributed by atoms with Gasteiger partial charge in [-0.3, -0.25) is 0 Å². The second kappa shape index (κ2) is 7.43. The van der Waals surface area contributed by atoms with Crippen LogP contribution in [0.25, 0.3) is 11.0 Å². The molecule has 3 rings (SSSR count). The van der Waals surface area contributed by atoms with Crippen molar-refractivity contribution in [2.45, 2.75) is 26.2 Å². The van der Waals surface area contributed by atoms with Crippen LogP contribution in [0.3, 0.4) is 0 Å². The zero-order valence-electron chi connectivity index (χ0n) is 12.4. The summed E-state index contributed by atoms with van der Waals surface area (Å²) >= 11 is 5.84. The number of para-hydroxylation sites is 2. The first-order valence-corrected chi connectivity index (χ1v) is 8.03. The van der Waals surface area contributed by atoms with Gasteiger partial charge in [-0.15, -0.1) is 11.6 Å². The molecule has 1 aromatic heterocycles. The average molecular weight is 315 g/mol. The number of nitrogens with zero attached hydrogens (tertiary/aromatic N) is 2.